The van der Waals surface area contributed by atoms with Crippen LogP contribution in [0.25, 0.3) is 4.83 Å². The van der Waals surface area contributed by atoms with Crippen molar-refractivity contribution in [3.63, 3.8) is 0 Å². The zero-order valence-corrected chi connectivity index (χ0v) is 14.4. The summed E-state index contributed by atoms with van der Waals surface area (Å²) in [5, 5.41) is 4.89. The third-order valence-electron chi connectivity index (χ3n) is 3.43. The Kier molecular flexibility index (Phi) is 5.49. The lowest BCUT2D eigenvalue weighted by Crippen LogP contribution is -2.32. The number of carbonyl (C=O) groups excluding carboxylic acids is 1. The van der Waals surface area contributed by atoms with Gasteiger partial charge in [0.2, 0.25) is 5.01 Å². The van der Waals surface area contributed by atoms with Gasteiger partial charge in [0.05, 0.1) is 6.20 Å². The molecule has 0 spiro atoms. The van der Waals surface area contributed by atoms with Gasteiger partial charge in [-0.25, -0.2) is 9.50 Å². The number of nitrogens with zero attached hydrogens (tertiary/aromatic N) is 4. The number of amides is 1. The molecule has 0 saturated heterocycles. The van der Waals surface area contributed by atoms with Gasteiger partial charge in [-0.1, -0.05) is 36.5 Å². The summed E-state index contributed by atoms with van der Waals surface area (Å²) in [6.45, 7) is 9.22. The summed E-state index contributed by atoms with van der Waals surface area (Å²) < 4.78 is 1.72. The second-order valence-electron chi connectivity index (χ2n) is 4.96. The van der Waals surface area contributed by atoms with E-state index in [4.69, 9.17) is 0 Å². The number of aryl methyl sites for hydroxylation is 1. The fourth-order valence-electron chi connectivity index (χ4n) is 2.10. The van der Waals surface area contributed by atoms with Crippen molar-refractivity contribution in [1.29, 1.82) is 0 Å². The van der Waals surface area contributed by atoms with Gasteiger partial charge in [0.15, 0.2) is 0 Å². The van der Waals surface area contributed by atoms with E-state index in [1.54, 1.807) is 10.7 Å². The average Bonchev–Trinajstić information content (AvgIpc) is 3.09. The predicted octanol–water partition coefficient (Wildman–Crippen LogP) is 3.47. The first-order valence-electron chi connectivity index (χ1n) is 7.52. The number of likely N-dealkylation sites (N-methyl/N-ethyl adjacent to an activating group) is 1. The van der Waals surface area contributed by atoms with E-state index in [0.717, 1.165) is 22.6 Å². The Labute approximate surface area is 135 Å². The standard InChI is InChI=1S/C16H22N4OS/c1-5-8-9-13(6-2)11-19(7-3)16(21)15-18-20-12(4)17-10-14(20)22-15/h6,8-10H,5,7,11H2,1-4H3/b9-8-,13-6+. The van der Waals surface area contributed by atoms with Crippen LogP contribution in [0.1, 0.15) is 42.8 Å². The van der Waals surface area contributed by atoms with Crippen LogP contribution in [0.2, 0.25) is 0 Å². The molecule has 0 saturated carbocycles. The molecule has 0 fully saturated rings. The van der Waals surface area contributed by atoms with Gasteiger partial charge in [-0.3, -0.25) is 4.79 Å². The van der Waals surface area contributed by atoms with Gasteiger partial charge in [-0.05, 0) is 32.8 Å². The van der Waals surface area contributed by atoms with Crippen LogP contribution in [0.4, 0.5) is 0 Å². The molecule has 2 aromatic rings. The third kappa shape index (κ3) is 3.44. The van der Waals surface area contributed by atoms with Gasteiger partial charge >= 0.3 is 0 Å². The number of imidazole rings is 1. The molecule has 0 N–H and O–H groups in total. The van der Waals surface area contributed by atoms with Crippen LogP contribution < -0.4 is 0 Å². The summed E-state index contributed by atoms with van der Waals surface area (Å²) in [5.74, 6) is 0.771. The first kappa shape index (κ1) is 16.4. The number of allylic oxidation sites excluding steroid dienone is 2. The van der Waals surface area contributed by atoms with E-state index in [1.807, 2.05) is 31.7 Å². The first-order chi connectivity index (χ1) is 10.6. The maximum atomic E-state index is 12.7. The summed E-state index contributed by atoms with van der Waals surface area (Å²) in [7, 11) is 0. The minimum Gasteiger partial charge on any atom is -0.332 e. The number of hydrogen-bond donors (Lipinski definition) is 0. The zero-order valence-electron chi connectivity index (χ0n) is 13.5. The fraction of sp³-hybridized carbons (Fsp3) is 0.438. The number of rotatable bonds is 6. The Morgan fingerprint density at radius 1 is 1.45 bits per heavy atom. The van der Waals surface area contributed by atoms with Crippen molar-refractivity contribution >= 4 is 22.1 Å². The van der Waals surface area contributed by atoms with E-state index in [2.05, 4.69) is 29.2 Å². The molecule has 118 valence electrons. The van der Waals surface area contributed by atoms with E-state index < -0.39 is 0 Å². The normalized spacial score (nSPS) is 12.5. The molecule has 0 aromatic carbocycles. The molecular formula is C16H22N4OS. The van der Waals surface area contributed by atoms with Crippen molar-refractivity contribution in [2.45, 2.75) is 34.1 Å². The van der Waals surface area contributed by atoms with Crippen LogP contribution in [0.5, 0.6) is 0 Å². The van der Waals surface area contributed by atoms with E-state index in [1.165, 1.54) is 11.3 Å². The Hall–Kier alpha value is -1.95. The van der Waals surface area contributed by atoms with Gasteiger partial charge in [0.25, 0.3) is 5.91 Å². The van der Waals surface area contributed by atoms with Crippen LogP contribution in [0.15, 0.2) is 30.0 Å². The molecule has 0 aliphatic carbocycles. The molecule has 2 rings (SSSR count). The summed E-state index contributed by atoms with van der Waals surface area (Å²) in [6, 6.07) is 0. The Morgan fingerprint density at radius 3 is 2.82 bits per heavy atom. The Bertz CT molecular complexity index is 711. The quantitative estimate of drug-likeness (QED) is 0.766. The van der Waals surface area contributed by atoms with Gasteiger partial charge in [-0.15, -0.1) is 5.10 Å². The van der Waals surface area contributed by atoms with Gasteiger partial charge in [0, 0.05) is 13.1 Å². The highest BCUT2D eigenvalue weighted by Crippen LogP contribution is 2.18. The van der Waals surface area contributed by atoms with Crippen LogP contribution >= 0.6 is 11.3 Å². The van der Waals surface area contributed by atoms with Crippen molar-refractivity contribution in [3.05, 3.63) is 40.8 Å². The van der Waals surface area contributed by atoms with E-state index >= 15 is 0 Å². The van der Waals surface area contributed by atoms with Crippen molar-refractivity contribution in [2.24, 2.45) is 0 Å². The van der Waals surface area contributed by atoms with Gasteiger partial charge in [-0.2, -0.15) is 0 Å². The van der Waals surface area contributed by atoms with Crippen LogP contribution in [0, 0.1) is 6.92 Å². The highest BCUT2D eigenvalue weighted by atomic mass is 32.1. The molecule has 2 heterocycles. The van der Waals surface area contributed by atoms with E-state index in [0.29, 0.717) is 18.1 Å². The average molecular weight is 318 g/mol. The topological polar surface area (TPSA) is 50.5 Å². The number of hydrogen-bond acceptors (Lipinski definition) is 4. The SMILES string of the molecule is C/C=C(\C=C/CC)CN(CC)C(=O)c1nn2c(C)ncc2s1. The smallest absolute Gasteiger partial charge is 0.285 e. The lowest BCUT2D eigenvalue weighted by molar-refractivity contribution is 0.0777. The fourth-order valence-corrected chi connectivity index (χ4v) is 3.00. The molecule has 0 atom stereocenters. The molecule has 0 radical (unpaired) electrons. The van der Waals surface area contributed by atoms with Gasteiger partial charge < -0.3 is 4.90 Å². The summed E-state index contributed by atoms with van der Waals surface area (Å²) in [6.07, 6.45) is 8.97. The zero-order chi connectivity index (χ0) is 16.1. The maximum absolute atomic E-state index is 12.7. The lowest BCUT2D eigenvalue weighted by Gasteiger charge is -2.20. The Balaban J connectivity index is 2.19. The molecule has 6 heteroatoms. The van der Waals surface area contributed by atoms with Crippen LogP contribution in [-0.4, -0.2) is 38.5 Å². The molecule has 0 bridgehead atoms. The predicted molar refractivity (Wildman–Crippen MR) is 90.4 cm³/mol. The van der Waals surface area contributed by atoms with Crippen LogP contribution in [-0.2, 0) is 0 Å². The molecule has 0 unspecified atom stereocenters. The highest BCUT2D eigenvalue weighted by molar-refractivity contribution is 7.18. The maximum Gasteiger partial charge on any atom is 0.285 e. The van der Waals surface area contributed by atoms with E-state index in [9.17, 15) is 4.79 Å². The Morgan fingerprint density at radius 2 is 2.23 bits per heavy atom. The largest absolute Gasteiger partial charge is 0.332 e. The monoisotopic (exact) mass is 318 g/mol. The van der Waals surface area contributed by atoms with Crippen molar-refractivity contribution < 1.29 is 4.79 Å². The van der Waals surface area contributed by atoms with E-state index in [-0.39, 0.29) is 5.91 Å². The molecule has 22 heavy (non-hydrogen) atoms. The molecule has 0 aliphatic heterocycles. The highest BCUT2D eigenvalue weighted by Gasteiger charge is 2.20. The molecule has 1 amide bonds. The molecule has 2 aromatic heterocycles. The summed E-state index contributed by atoms with van der Waals surface area (Å²) in [5.41, 5.74) is 1.14. The molecule has 5 nitrogen and oxygen atoms in total. The van der Waals surface area contributed by atoms with Crippen molar-refractivity contribution in [1.82, 2.24) is 19.5 Å². The second-order valence-corrected chi connectivity index (χ2v) is 5.97. The number of carbonyl (C=O) groups is 1. The second kappa shape index (κ2) is 7.35. The minimum absolute atomic E-state index is 0.0279. The summed E-state index contributed by atoms with van der Waals surface area (Å²) >= 11 is 1.38. The number of fused-ring (bicyclic) bond motifs is 1. The molecular weight excluding hydrogens is 296 g/mol. The molecule has 0 aliphatic rings. The lowest BCUT2D eigenvalue weighted by atomic mass is 10.2. The minimum atomic E-state index is -0.0279. The number of aromatic nitrogens is 3. The first-order valence-corrected chi connectivity index (χ1v) is 8.34. The third-order valence-corrected chi connectivity index (χ3v) is 4.37. The van der Waals surface area contributed by atoms with Gasteiger partial charge in [0.1, 0.15) is 10.7 Å². The van der Waals surface area contributed by atoms with Crippen LogP contribution in [0.3, 0.4) is 0 Å². The van der Waals surface area contributed by atoms with Crippen molar-refractivity contribution in [3.8, 4) is 0 Å². The van der Waals surface area contributed by atoms with Crippen molar-refractivity contribution in [2.75, 3.05) is 13.1 Å². The summed E-state index contributed by atoms with van der Waals surface area (Å²) in [4.78, 5) is 19.6.